The first-order valence-electron chi connectivity index (χ1n) is 8.71. The van der Waals surface area contributed by atoms with Gasteiger partial charge in [0.25, 0.3) is 0 Å². The monoisotopic (exact) mass is 383 g/mol. The third-order valence-corrected chi connectivity index (χ3v) is 5.87. The van der Waals surface area contributed by atoms with Crippen LogP contribution in [0, 0.1) is 0 Å². The van der Waals surface area contributed by atoms with Gasteiger partial charge in [-0.05, 0) is 25.0 Å². The molecule has 1 aromatic rings. The highest BCUT2D eigenvalue weighted by atomic mass is 32.2. The van der Waals surface area contributed by atoms with Crippen LogP contribution >= 0.6 is 0 Å². The molecule has 0 aliphatic carbocycles. The number of carbonyl (C=O) groups is 2. The lowest BCUT2D eigenvalue weighted by Crippen LogP contribution is -2.53. The molecule has 144 valence electrons. The Morgan fingerprint density at radius 3 is 2.58 bits per heavy atom. The van der Waals surface area contributed by atoms with Crippen molar-refractivity contribution in [3.8, 4) is 0 Å². The molecule has 0 unspecified atom stereocenters. The molecule has 9 heteroatoms. The lowest BCUT2D eigenvalue weighted by atomic mass is 10.3. The van der Waals surface area contributed by atoms with E-state index in [9.17, 15) is 18.0 Å². The number of rotatable bonds is 7. The second kappa shape index (κ2) is 9.65. The molecular weight excluding hydrogens is 358 g/mol. The highest BCUT2D eigenvalue weighted by Gasteiger charge is 2.34. The van der Waals surface area contributed by atoms with E-state index in [4.69, 9.17) is 4.74 Å². The van der Waals surface area contributed by atoms with E-state index in [0.29, 0.717) is 26.1 Å². The van der Waals surface area contributed by atoms with E-state index in [1.807, 2.05) is 6.92 Å². The van der Waals surface area contributed by atoms with Crippen molar-refractivity contribution in [2.45, 2.75) is 37.3 Å². The van der Waals surface area contributed by atoms with E-state index in [1.54, 1.807) is 18.2 Å². The smallest absolute Gasteiger partial charge is 0.309 e. The molecule has 8 nitrogen and oxygen atoms in total. The van der Waals surface area contributed by atoms with Gasteiger partial charge < -0.3 is 15.4 Å². The van der Waals surface area contributed by atoms with Gasteiger partial charge in [0, 0.05) is 13.1 Å². The second-order valence-electron chi connectivity index (χ2n) is 5.93. The molecule has 1 heterocycles. The maximum atomic E-state index is 12.8. The molecule has 1 fully saturated rings. The van der Waals surface area contributed by atoms with Gasteiger partial charge in [-0.25, -0.2) is 8.42 Å². The van der Waals surface area contributed by atoms with Gasteiger partial charge in [0.1, 0.15) is 6.23 Å². The molecule has 1 aliphatic rings. The minimum absolute atomic E-state index is 0.0912. The van der Waals surface area contributed by atoms with E-state index in [-0.39, 0.29) is 11.4 Å². The zero-order valence-electron chi connectivity index (χ0n) is 14.8. The molecule has 0 spiro atoms. The number of amides is 2. The summed E-state index contributed by atoms with van der Waals surface area (Å²) in [5.74, 6) is -1.53. The molecule has 2 N–H and O–H groups in total. The lowest BCUT2D eigenvalue weighted by molar-refractivity contribution is -0.140. The molecule has 1 saturated heterocycles. The Kier molecular flexibility index (Phi) is 7.55. The second-order valence-corrected chi connectivity index (χ2v) is 7.82. The summed E-state index contributed by atoms with van der Waals surface area (Å²) in [4.78, 5) is 23.7. The molecule has 2 rings (SSSR count). The van der Waals surface area contributed by atoms with Gasteiger partial charge in [-0.2, -0.15) is 4.31 Å². The van der Waals surface area contributed by atoms with Crippen LogP contribution in [-0.2, 0) is 24.3 Å². The van der Waals surface area contributed by atoms with E-state index < -0.39 is 28.1 Å². The molecule has 0 radical (unpaired) electrons. The fourth-order valence-corrected chi connectivity index (χ4v) is 4.14. The molecule has 2 amide bonds. The van der Waals surface area contributed by atoms with E-state index in [0.717, 1.165) is 12.8 Å². The number of unbranched alkanes of at least 4 members (excludes halogenated alkanes) is 1. The molecule has 26 heavy (non-hydrogen) atoms. The maximum Gasteiger partial charge on any atom is 0.309 e. The summed E-state index contributed by atoms with van der Waals surface area (Å²) in [6, 6.07) is 8.06. The van der Waals surface area contributed by atoms with E-state index >= 15 is 0 Å². The van der Waals surface area contributed by atoms with Crippen molar-refractivity contribution in [3.63, 3.8) is 0 Å². The SMILES string of the molecule is CCCCNC(=O)C(=O)NC[C@H]1OCCCN1S(=O)(=O)c1ccccc1. The van der Waals surface area contributed by atoms with Crippen molar-refractivity contribution in [1.82, 2.24) is 14.9 Å². The quantitative estimate of drug-likeness (QED) is 0.526. The number of nitrogens with zero attached hydrogens (tertiary/aromatic N) is 1. The Balaban J connectivity index is 1.99. The molecule has 1 atom stereocenters. The van der Waals surface area contributed by atoms with Crippen molar-refractivity contribution < 1.29 is 22.7 Å². The van der Waals surface area contributed by atoms with Crippen LogP contribution in [0.3, 0.4) is 0 Å². The van der Waals surface area contributed by atoms with Crippen LogP contribution in [0.1, 0.15) is 26.2 Å². The fraction of sp³-hybridized carbons (Fsp3) is 0.529. The highest BCUT2D eigenvalue weighted by molar-refractivity contribution is 7.89. The fourth-order valence-electron chi connectivity index (χ4n) is 2.55. The van der Waals surface area contributed by atoms with Crippen molar-refractivity contribution >= 4 is 21.8 Å². The minimum Gasteiger partial charge on any atom is -0.360 e. The normalized spacial score (nSPS) is 18.3. The minimum atomic E-state index is -3.74. The summed E-state index contributed by atoms with van der Waals surface area (Å²) < 4.78 is 32.4. The van der Waals surface area contributed by atoms with Gasteiger partial charge in [-0.3, -0.25) is 9.59 Å². The molecule has 0 bridgehead atoms. The third-order valence-electron chi connectivity index (χ3n) is 3.96. The maximum absolute atomic E-state index is 12.8. The number of hydrogen-bond acceptors (Lipinski definition) is 5. The Labute approximate surface area is 153 Å². The number of carbonyl (C=O) groups excluding carboxylic acids is 2. The third kappa shape index (κ3) is 5.26. The number of hydrogen-bond donors (Lipinski definition) is 2. The number of nitrogens with one attached hydrogen (secondary N) is 2. The average molecular weight is 383 g/mol. The van der Waals surface area contributed by atoms with Crippen LogP contribution in [0.2, 0.25) is 0 Å². The van der Waals surface area contributed by atoms with Crippen molar-refractivity contribution in [3.05, 3.63) is 30.3 Å². The van der Waals surface area contributed by atoms with Gasteiger partial charge in [0.05, 0.1) is 18.0 Å². The Hall–Kier alpha value is -1.97. The predicted octanol–water partition coefficient (Wildman–Crippen LogP) is 0.456. The van der Waals surface area contributed by atoms with Gasteiger partial charge in [0.2, 0.25) is 10.0 Å². The van der Waals surface area contributed by atoms with Crippen LogP contribution in [0.5, 0.6) is 0 Å². The molecule has 1 aliphatic heterocycles. The van der Waals surface area contributed by atoms with Crippen molar-refractivity contribution in [2.75, 3.05) is 26.2 Å². The first-order chi connectivity index (χ1) is 12.5. The summed E-state index contributed by atoms with van der Waals surface area (Å²) in [7, 11) is -3.74. The topological polar surface area (TPSA) is 105 Å². The zero-order chi connectivity index (χ0) is 19.0. The summed E-state index contributed by atoms with van der Waals surface area (Å²) in [5, 5.41) is 4.97. The van der Waals surface area contributed by atoms with Crippen LogP contribution in [0.25, 0.3) is 0 Å². The summed E-state index contributed by atoms with van der Waals surface area (Å²) in [6.45, 7) is 3.00. The van der Waals surface area contributed by atoms with Gasteiger partial charge >= 0.3 is 11.8 Å². The van der Waals surface area contributed by atoms with Crippen LogP contribution < -0.4 is 10.6 Å². The molecule has 0 saturated carbocycles. The summed E-state index contributed by atoms with van der Waals surface area (Å²) in [5.41, 5.74) is 0. The molecule has 1 aromatic carbocycles. The molecule has 0 aromatic heterocycles. The van der Waals surface area contributed by atoms with Gasteiger partial charge in [0.15, 0.2) is 0 Å². The number of ether oxygens (including phenoxy) is 1. The number of sulfonamides is 1. The number of benzene rings is 1. The first-order valence-corrected chi connectivity index (χ1v) is 10.2. The lowest BCUT2D eigenvalue weighted by Gasteiger charge is -2.34. The Morgan fingerprint density at radius 1 is 1.19 bits per heavy atom. The van der Waals surface area contributed by atoms with Gasteiger partial charge in [-0.1, -0.05) is 31.5 Å². The predicted molar refractivity (Wildman–Crippen MR) is 95.6 cm³/mol. The highest BCUT2D eigenvalue weighted by Crippen LogP contribution is 2.21. The van der Waals surface area contributed by atoms with Crippen LogP contribution in [0.15, 0.2) is 35.2 Å². The average Bonchev–Trinajstić information content (AvgIpc) is 2.67. The summed E-state index contributed by atoms with van der Waals surface area (Å²) >= 11 is 0. The largest absolute Gasteiger partial charge is 0.360 e. The Morgan fingerprint density at radius 2 is 1.88 bits per heavy atom. The first kappa shape index (κ1) is 20.3. The summed E-state index contributed by atoms with van der Waals surface area (Å²) in [6.07, 6.45) is 1.41. The van der Waals surface area contributed by atoms with Crippen molar-refractivity contribution in [2.24, 2.45) is 0 Å². The van der Waals surface area contributed by atoms with E-state index in [1.165, 1.54) is 16.4 Å². The van der Waals surface area contributed by atoms with Crippen LogP contribution in [-0.4, -0.2) is 57.0 Å². The Bertz CT molecular complexity index is 708. The molecular formula is C17H25N3O5S. The van der Waals surface area contributed by atoms with Crippen molar-refractivity contribution in [1.29, 1.82) is 0 Å². The zero-order valence-corrected chi connectivity index (χ0v) is 15.6. The van der Waals surface area contributed by atoms with E-state index in [2.05, 4.69) is 10.6 Å². The standard InChI is InChI=1S/C17H25N3O5S/c1-2-3-10-18-16(21)17(22)19-13-15-20(11-7-12-25-15)26(23,24)14-8-5-4-6-9-14/h4-6,8-9,15H,2-3,7,10-13H2,1H3,(H,18,21)(H,19,22)/t15-/m1/s1. The van der Waals surface area contributed by atoms with Gasteiger partial charge in [-0.15, -0.1) is 0 Å². The van der Waals surface area contributed by atoms with Crippen LogP contribution in [0.4, 0.5) is 0 Å².